The molecule has 0 spiro atoms. The average Bonchev–Trinajstić information content (AvgIpc) is 2.67. The summed E-state index contributed by atoms with van der Waals surface area (Å²) in [6, 6.07) is 15.4. The van der Waals surface area contributed by atoms with E-state index in [-0.39, 0.29) is 18.1 Å². The highest BCUT2D eigenvalue weighted by molar-refractivity contribution is 5.97. The molecule has 1 aromatic heterocycles. The average molecular weight is 377 g/mol. The Morgan fingerprint density at radius 1 is 1.07 bits per heavy atom. The number of likely N-dealkylation sites (N-methyl/N-ethyl adjacent to an activating group) is 1. The van der Waals surface area contributed by atoms with Crippen molar-refractivity contribution in [3.63, 3.8) is 0 Å². The van der Waals surface area contributed by atoms with Crippen LogP contribution < -0.4 is 5.32 Å². The van der Waals surface area contributed by atoms with Crippen LogP contribution in [0.4, 0.5) is 5.69 Å². The number of ether oxygens (including phenoxy) is 1. The van der Waals surface area contributed by atoms with Gasteiger partial charge in [-0.15, -0.1) is 0 Å². The number of aromatic nitrogens is 1. The van der Waals surface area contributed by atoms with Crippen LogP contribution in [0.15, 0.2) is 60.9 Å². The molecule has 3 rings (SSSR count). The normalized spacial score (nSPS) is 12.5. The van der Waals surface area contributed by atoms with Crippen molar-refractivity contribution in [2.45, 2.75) is 32.6 Å². The Morgan fingerprint density at radius 2 is 1.82 bits per heavy atom. The van der Waals surface area contributed by atoms with Crippen LogP contribution in [-0.2, 0) is 16.1 Å². The molecule has 1 N–H and O–H groups in total. The topological polar surface area (TPSA) is 54.5 Å². The van der Waals surface area contributed by atoms with Gasteiger partial charge in [-0.2, -0.15) is 0 Å². The first kappa shape index (κ1) is 20.0. The van der Waals surface area contributed by atoms with Crippen molar-refractivity contribution in [1.82, 2.24) is 9.88 Å². The van der Waals surface area contributed by atoms with Gasteiger partial charge in [0, 0.05) is 23.5 Å². The van der Waals surface area contributed by atoms with Gasteiger partial charge in [0.15, 0.2) is 0 Å². The van der Waals surface area contributed by atoms with E-state index in [1.54, 1.807) is 6.20 Å². The van der Waals surface area contributed by atoms with Gasteiger partial charge < -0.3 is 10.1 Å². The number of fused-ring (bicyclic) bond motifs is 1. The van der Waals surface area contributed by atoms with Gasteiger partial charge in [0.05, 0.1) is 12.7 Å². The van der Waals surface area contributed by atoms with E-state index in [4.69, 9.17) is 4.74 Å². The molecule has 5 heteroatoms. The van der Waals surface area contributed by atoms with Gasteiger partial charge in [0.2, 0.25) is 5.91 Å². The number of nitrogens with one attached hydrogen (secondary N) is 1. The summed E-state index contributed by atoms with van der Waals surface area (Å²) in [5.41, 5.74) is 2.82. The summed E-state index contributed by atoms with van der Waals surface area (Å²) in [7, 11) is 3.82. The third-order valence-electron chi connectivity index (χ3n) is 4.55. The maximum atomic E-state index is 13.0. The Hall–Kier alpha value is -2.76. The fourth-order valence-electron chi connectivity index (χ4n) is 3.11. The van der Waals surface area contributed by atoms with E-state index >= 15 is 0 Å². The Morgan fingerprint density at radius 3 is 2.50 bits per heavy atom. The van der Waals surface area contributed by atoms with E-state index < -0.39 is 0 Å². The minimum atomic E-state index is -0.381. The van der Waals surface area contributed by atoms with E-state index in [0.29, 0.717) is 6.61 Å². The number of pyridine rings is 1. The summed E-state index contributed by atoms with van der Waals surface area (Å²) in [5, 5.41) is 5.13. The van der Waals surface area contributed by atoms with Crippen LogP contribution in [0.25, 0.3) is 10.8 Å². The molecule has 0 aliphatic carbocycles. The molecule has 0 aliphatic rings. The van der Waals surface area contributed by atoms with Gasteiger partial charge in [0.25, 0.3) is 0 Å². The lowest BCUT2D eigenvalue weighted by atomic mass is 10.0. The predicted molar refractivity (Wildman–Crippen MR) is 113 cm³/mol. The number of anilines is 1. The molecule has 1 atom stereocenters. The molecule has 0 radical (unpaired) electrons. The van der Waals surface area contributed by atoms with Gasteiger partial charge in [0.1, 0.15) is 6.04 Å². The van der Waals surface area contributed by atoms with Gasteiger partial charge in [-0.05, 0) is 62.7 Å². The Balaban J connectivity index is 1.76. The van der Waals surface area contributed by atoms with Crippen LogP contribution >= 0.6 is 0 Å². The second kappa shape index (κ2) is 8.95. The molecular formula is C23H27N3O2. The summed E-state index contributed by atoms with van der Waals surface area (Å²) in [5.74, 6) is -0.0652. The highest BCUT2D eigenvalue weighted by Crippen LogP contribution is 2.23. The van der Waals surface area contributed by atoms with Crippen molar-refractivity contribution in [1.29, 1.82) is 0 Å². The first-order valence-electron chi connectivity index (χ1n) is 9.45. The lowest BCUT2D eigenvalue weighted by Crippen LogP contribution is -2.32. The minimum Gasteiger partial charge on any atom is -0.374 e. The minimum absolute atomic E-state index is 0.0652. The molecule has 146 valence electrons. The van der Waals surface area contributed by atoms with Gasteiger partial charge in [-0.25, -0.2) is 0 Å². The summed E-state index contributed by atoms with van der Waals surface area (Å²) in [4.78, 5) is 19.0. The molecule has 0 fully saturated rings. The smallest absolute Gasteiger partial charge is 0.246 e. The fourth-order valence-corrected chi connectivity index (χ4v) is 3.11. The number of hydrogen-bond acceptors (Lipinski definition) is 4. The number of amides is 1. The van der Waals surface area contributed by atoms with E-state index in [0.717, 1.165) is 27.6 Å². The lowest BCUT2D eigenvalue weighted by molar-refractivity contribution is -0.120. The van der Waals surface area contributed by atoms with Gasteiger partial charge >= 0.3 is 0 Å². The van der Waals surface area contributed by atoms with Gasteiger partial charge in [-0.3, -0.25) is 14.7 Å². The molecular weight excluding hydrogens is 350 g/mol. The second-order valence-electron chi connectivity index (χ2n) is 7.39. The molecule has 1 heterocycles. The highest BCUT2D eigenvalue weighted by Gasteiger charge is 2.23. The molecule has 0 saturated carbocycles. The van der Waals surface area contributed by atoms with Crippen LogP contribution in [-0.4, -0.2) is 36.0 Å². The first-order valence-corrected chi connectivity index (χ1v) is 9.45. The number of benzene rings is 2. The molecule has 28 heavy (non-hydrogen) atoms. The molecule has 3 aromatic rings. The van der Waals surface area contributed by atoms with Crippen LogP contribution in [0, 0.1) is 0 Å². The Kier molecular flexibility index (Phi) is 6.39. The number of rotatable bonds is 7. The standard InChI is InChI=1S/C23H27N3O2/c1-16(2)28-15-17-5-7-18(8-6-17)22(26(3)4)23(27)25-21-10-9-20-14-24-12-11-19(20)13-21/h5-14,16,22H,15H2,1-4H3,(H,25,27)/t22-/m1/s1. The fraction of sp³-hybridized carbons (Fsp3) is 0.304. The summed E-state index contributed by atoms with van der Waals surface area (Å²) < 4.78 is 5.64. The second-order valence-corrected chi connectivity index (χ2v) is 7.39. The van der Waals surface area contributed by atoms with Crippen LogP contribution in [0.5, 0.6) is 0 Å². The van der Waals surface area contributed by atoms with Crippen molar-refractivity contribution in [2.75, 3.05) is 19.4 Å². The van der Waals surface area contributed by atoms with Crippen LogP contribution in [0.3, 0.4) is 0 Å². The zero-order valence-corrected chi connectivity index (χ0v) is 16.8. The maximum Gasteiger partial charge on any atom is 0.246 e. The van der Waals surface area contributed by atoms with Crippen LogP contribution in [0.1, 0.15) is 31.0 Å². The molecule has 5 nitrogen and oxygen atoms in total. The van der Waals surface area contributed by atoms with E-state index in [2.05, 4.69) is 10.3 Å². The molecule has 0 bridgehead atoms. The molecule has 1 amide bonds. The van der Waals surface area contributed by atoms with E-state index in [9.17, 15) is 4.79 Å². The maximum absolute atomic E-state index is 13.0. The van der Waals surface area contributed by atoms with E-state index in [1.807, 2.05) is 87.6 Å². The van der Waals surface area contributed by atoms with E-state index in [1.165, 1.54) is 0 Å². The highest BCUT2D eigenvalue weighted by atomic mass is 16.5. The van der Waals surface area contributed by atoms with Gasteiger partial charge in [-0.1, -0.05) is 30.3 Å². The quantitative estimate of drug-likeness (QED) is 0.663. The number of carbonyl (C=O) groups excluding carboxylic acids is 1. The predicted octanol–water partition coefficient (Wildman–Crippen LogP) is 4.40. The summed E-state index contributed by atoms with van der Waals surface area (Å²) in [6.45, 7) is 4.61. The lowest BCUT2D eigenvalue weighted by Gasteiger charge is -2.24. The number of nitrogens with zero attached hydrogens (tertiary/aromatic N) is 2. The molecule has 0 saturated heterocycles. The third kappa shape index (κ3) is 4.94. The Labute approximate surface area is 166 Å². The van der Waals surface area contributed by atoms with Crippen molar-refractivity contribution in [2.24, 2.45) is 0 Å². The van der Waals surface area contributed by atoms with Crippen LogP contribution in [0.2, 0.25) is 0 Å². The monoisotopic (exact) mass is 377 g/mol. The summed E-state index contributed by atoms with van der Waals surface area (Å²) in [6.07, 6.45) is 3.76. The number of carbonyl (C=O) groups is 1. The zero-order chi connectivity index (χ0) is 20.1. The zero-order valence-electron chi connectivity index (χ0n) is 16.8. The molecule has 0 unspecified atom stereocenters. The first-order chi connectivity index (χ1) is 13.4. The van der Waals surface area contributed by atoms with Crippen molar-refractivity contribution >= 4 is 22.4 Å². The largest absolute Gasteiger partial charge is 0.374 e. The molecule has 0 aliphatic heterocycles. The van der Waals surface area contributed by atoms with Crippen molar-refractivity contribution in [3.05, 3.63) is 72.1 Å². The summed E-state index contributed by atoms with van der Waals surface area (Å²) >= 11 is 0. The SMILES string of the molecule is CC(C)OCc1ccc([C@H](C(=O)Nc2ccc3cnccc3c2)N(C)C)cc1. The molecule has 2 aromatic carbocycles. The number of hydrogen-bond donors (Lipinski definition) is 1. The third-order valence-corrected chi connectivity index (χ3v) is 4.55. The van der Waals surface area contributed by atoms with Crippen molar-refractivity contribution in [3.8, 4) is 0 Å². The Bertz CT molecular complexity index is 936. The van der Waals surface area contributed by atoms with Crippen molar-refractivity contribution < 1.29 is 9.53 Å².